The molecule has 8 nitrogen and oxygen atoms in total. The summed E-state index contributed by atoms with van der Waals surface area (Å²) in [4.78, 5) is 18.8. The largest absolute Gasteiger partial charge is 0.508 e. The highest BCUT2D eigenvalue weighted by Crippen LogP contribution is 2.36. The van der Waals surface area contributed by atoms with Crippen molar-refractivity contribution >= 4 is 17.4 Å². The number of rotatable bonds is 3. The predicted octanol–water partition coefficient (Wildman–Crippen LogP) is 1.22. The number of aromatic nitrogens is 4. The van der Waals surface area contributed by atoms with Crippen LogP contribution >= 0.6 is 0 Å². The monoisotopic (exact) mass is 339 g/mol. The summed E-state index contributed by atoms with van der Waals surface area (Å²) in [5.41, 5.74) is 1.63. The van der Waals surface area contributed by atoms with Gasteiger partial charge in [0.2, 0.25) is 5.65 Å². The highest BCUT2D eigenvalue weighted by Gasteiger charge is 2.40. The van der Waals surface area contributed by atoms with Crippen molar-refractivity contribution in [3.8, 4) is 5.75 Å². The smallest absolute Gasteiger partial charge is 0.311 e. The van der Waals surface area contributed by atoms with Gasteiger partial charge in [-0.15, -0.1) is 10.2 Å². The summed E-state index contributed by atoms with van der Waals surface area (Å²) < 4.78 is 6.79. The Hall–Kier alpha value is -3.16. The first-order valence-electron chi connectivity index (χ1n) is 7.93. The molecule has 128 valence electrons. The lowest BCUT2D eigenvalue weighted by Crippen LogP contribution is -2.25. The SMILES string of the molecule is COC(=O)[C@H]1CN(c2nccn3cnnc23)C[C@@H]1c1ccc(O)cc1. The van der Waals surface area contributed by atoms with E-state index in [0.717, 1.165) is 5.56 Å². The van der Waals surface area contributed by atoms with Gasteiger partial charge in [-0.25, -0.2) is 4.98 Å². The molecule has 1 saturated heterocycles. The summed E-state index contributed by atoms with van der Waals surface area (Å²) >= 11 is 0. The summed E-state index contributed by atoms with van der Waals surface area (Å²) in [5, 5.41) is 17.6. The van der Waals surface area contributed by atoms with Gasteiger partial charge in [0, 0.05) is 31.4 Å². The molecule has 1 N–H and O–H groups in total. The van der Waals surface area contributed by atoms with Gasteiger partial charge in [0.05, 0.1) is 13.0 Å². The number of anilines is 1. The standard InChI is InChI=1S/C17H17N5O3/c1-25-17(24)14-9-22(8-13(14)11-2-4-12(23)5-3-11)15-16-20-19-10-21(16)7-6-18-15/h2-7,10,13-14,23H,8-9H2,1H3/t13-,14+/m1/s1. The molecule has 25 heavy (non-hydrogen) atoms. The molecule has 0 amide bonds. The Balaban J connectivity index is 1.71. The van der Waals surface area contributed by atoms with Gasteiger partial charge in [0.25, 0.3) is 0 Å². The van der Waals surface area contributed by atoms with Crippen LogP contribution in [0.1, 0.15) is 11.5 Å². The fourth-order valence-corrected chi connectivity index (χ4v) is 3.39. The van der Waals surface area contributed by atoms with Gasteiger partial charge < -0.3 is 14.7 Å². The number of ether oxygens (including phenoxy) is 1. The number of aromatic hydroxyl groups is 1. The number of phenols is 1. The molecule has 1 aromatic carbocycles. The molecular formula is C17H17N5O3. The molecule has 2 atom stereocenters. The first-order chi connectivity index (χ1) is 12.2. The third kappa shape index (κ3) is 2.65. The van der Waals surface area contributed by atoms with E-state index in [1.54, 1.807) is 35.3 Å². The van der Waals surface area contributed by atoms with E-state index in [1.807, 2.05) is 17.0 Å². The zero-order chi connectivity index (χ0) is 17.4. The van der Waals surface area contributed by atoms with E-state index in [4.69, 9.17) is 4.74 Å². The van der Waals surface area contributed by atoms with E-state index in [0.29, 0.717) is 24.6 Å². The second-order valence-corrected chi connectivity index (χ2v) is 6.05. The number of carbonyl (C=O) groups is 1. The predicted molar refractivity (Wildman–Crippen MR) is 89.3 cm³/mol. The van der Waals surface area contributed by atoms with Crippen LogP contribution in [0.2, 0.25) is 0 Å². The van der Waals surface area contributed by atoms with Gasteiger partial charge in [-0.3, -0.25) is 9.20 Å². The van der Waals surface area contributed by atoms with E-state index >= 15 is 0 Å². The van der Waals surface area contributed by atoms with Crippen LogP contribution < -0.4 is 4.90 Å². The average Bonchev–Trinajstić information content (AvgIpc) is 3.28. The summed E-state index contributed by atoms with van der Waals surface area (Å²) in [6.07, 6.45) is 5.09. The van der Waals surface area contributed by atoms with Crippen molar-refractivity contribution in [1.29, 1.82) is 0 Å². The van der Waals surface area contributed by atoms with Gasteiger partial charge in [-0.05, 0) is 17.7 Å². The van der Waals surface area contributed by atoms with Gasteiger partial charge in [-0.2, -0.15) is 0 Å². The summed E-state index contributed by atoms with van der Waals surface area (Å²) in [5.74, 6) is 0.254. The number of esters is 1. The molecule has 1 aliphatic rings. The number of phenolic OH excluding ortho intramolecular Hbond substituents is 1. The zero-order valence-corrected chi connectivity index (χ0v) is 13.6. The maximum atomic E-state index is 12.3. The van der Waals surface area contributed by atoms with Gasteiger partial charge in [0.1, 0.15) is 12.1 Å². The van der Waals surface area contributed by atoms with Crippen LogP contribution in [0.3, 0.4) is 0 Å². The maximum absolute atomic E-state index is 12.3. The van der Waals surface area contributed by atoms with Crippen LogP contribution in [0, 0.1) is 5.92 Å². The minimum Gasteiger partial charge on any atom is -0.508 e. The number of fused-ring (bicyclic) bond motifs is 1. The first-order valence-corrected chi connectivity index (χ1v) is 7.93. The molecule has 1 fully saturated rings. The number of hydrogen-bond donors (Lipinski definition) is 1. The van der Waals surface area contributed by atoms with Crippen LogP contribution in [0.5, 0.6) is 5.75 Å². The molecule has 3 heterocycles. The molecule has 0 aliphatic carbocycles. The fraction of sp³-hybridized carbons (Fsp3) is 0.294. The molecule has 0 bridgehead atoms. The normalized spacial score (nSPS) is 20.1. The molecule has 3 aromatic rings. The lowest BCUT2D eigenvalue weighted by atomic mass is 9.89. The van der Waals surface area contributed by atoms with Gasteiger partial charge in [0.15, 0.2) is 5.82 Å². The van der Waals surface area contributed by atoms with E-state index in [2.05, 4.69) is 15.2 Å². The topological polar surface area (TPSA) is 92.9 Å². The van der Waals surface area contributed by atoms with E-state index in [1.165, 1.54) is 7.11 Å². The van der Waals surface area contributed by atoms with Crippen LogP contribution in [-0.4, -0.2) is 50.9 Å². The Labute approximate surface area is 143 Å². The quantitative estimate of drug-likeness (QED) is 0.717. The van der Waals surface area contributed by atoms with Crippen molar-refractivity contribution in [1.82, 2.24) is 19.6 Å². The highest BCUT2D eigenvalue weighted by molar-refractivity contribution is 5.77. The van der Waals surface area contributed by atoms with E-state index in [-0.39, 0.29) is 23.6 Å². The molecule has 1 aliphatic heterocycles. The molecule has 4 rings (SSSR count). The number of benzene rings is 1. The average molecular weight is 339 g/mol. The minimum atomic E-state index is -0.320. The zero-order valence-electron chi connectivity index (χ0n) is 13.6. The summed E-state index contributed by atoms with van der Waals surface area (Å²) in [6.45, 7) is 1.09. The molecule has 0 saturated carbocycles. The molecule has 0 unspecified atom stereocenters. The third-order valence-electron chi connectivity index (χ3n) is 4.64. The molecule has 2 aromatic heterocycles. The van der Waals surface area contributed by atoms with Gasteiger partial charge >= 0.3 is 5.97 Å². The Kier molecular flexibility index (Phi) is 3.72. The molecule has 0 spiro atoms. The second-order valence-electron chi connectivity index (χ2n) is 6.05. The lowest BCUT2D eigenvalue weighted by Gasteiger charge is -2.17. The third-order valence-corrected chi connectivity index (χ3v) is 4.64. The van der Waals surface area contributed by atoms with Crippen molar-refractivity contribution in [2.75, 3.05) is 25.1 Å². The van der Waals surface area contributed by atoms with Crippen molar-refractivity contribution in [3.63, 3.8) is 0 Å². The number of hydrogen-bond acceptors (Lipinski definition) is 7. The van der Waals surface area contributed by atoms with E-state index in [9.17, 15) is 9.90 Å². The van der Waals surface area contributed by atoms with Crippen LogP contribution in [0.15, 0.2) is 43.0 Å². The fourth-order valence-electron chi connectivity index (χ4n) is 3.39. The van der Waals surface area contributed by atoms with Crippen molar-refractivity contribution < 1.29 is 14.6 Å². The summed E-state index contributed by atoms with van der Waals surface area (Å²) in [6, 6.07) is 6.93. The lowest BCUT2D eigenvalue weighted by molar-refractivity contribution is -0.145. The van der Waals surface area contributed by atoms with Crippen LogP contribution in [0.4, 0.5) is 5.82 Å². The maximum Gasteiger partial charge on any atom is 0.311 e. The second kappa shape index (κ2) is 6.04. The highest BCUT2D eigenvalue weighted by atomic mass is 16.5. The Morgan fingerprint density at radius 2 is 2.08 bits per heavy atom. The molecular weight excluding hydrogens is 322 g/mol. The van der Waals surface area contributed by atoms with Crippen LogP contribution in [0.25, 0.3) is 5.65 Å². The molecule has 8 heteroatoms. The summed E-state index contributed by atoms with van der Waals surface area (Å²) in [7, 11) is 1.40. The Bertz CT molecular complexity index is 908. The Morgan fingerprint density at radius 1 is 1.28 bits per heavy atom. The first kappa shape index (κ1) is 15.4. The van der Waals surface area contributed by atoms with Crippen molar-refractivity contribution in [2.24, 2.45) is 5.92 Å². The molecule has 0 radical (unpaired) electrons. The van der Waals surface area contributed by atoms with Crippen molar-refractivity contribution in [2.45, 2.75) is 5.92 Å². The number of methoxy groups -OCH3 is 1. The number of nitrogens with zero attached hydrogens (tertiary/aromatic N) is 5. The van der Waals surface area contributed by atoms with Crippen LogP contribution in [-0.2, 0) is 9.53 Å². The Morgan fingerprint density at radius 3 is 2.84 bits per heavy atom. The minimum absolute atomic E-state index is 0.0574. The van der Waals surface area contributed by atoms with Gasteiger partial charge in [-0.1, -0.05) is 12.1 Å². The van der Waals surface area contributed by atoms with E-state index < -0.39 is 0 Å². The van der Waals surface area contributed by atoms with Crippen molar-refractivity contribution in [3.05, 3.63) is 48.5 Å². The number of carbonyl (C=O) groups excluding carboxylic acids is 1.